The minimum absolute atomic E-state index is 0.170. The van der Waals surface area contributed by atoms with Crippen LogP contribution in [0.5, 0.6) is 0 Å². The quantitative estimate of drug-likeness (QED) is 0.572. The van der Waals surface area contributed by atoms with E-state index in [1.54, 1.807) is 0 Å². The summed E-state index contributed by atoms with van der Waals surface area (Å²) in [5, 5.41) is 3.36. The van der Waals surface area contributed by atoms with E-state index < -0.39 is 5.82 Å². The molecule has 0 aliphatic carbocycles. The molecule has 2 aromatic rings. The van der Waals surface area contributed by atoms with E-state index in [1.807, 2.05) is 6.92 Å². The molecule has 0 aliphatic heterocycles. The Balaban J connectivity index is 2.44. The maximum Gasteiger partial charge on any atom is 0.148 e. The number of hydrazine groups is 1. The van der Waals surface area contributed by atoms with Crippen molar-refractivity contribution in [3.63, 3.8) is 0 Å². The van der Waals surface area contributed by atoms with Crippen LogP contribution in [0.4, 0.5) is 21.7 Å². The van der Waals surface area contributed by atoms with Crippen molar-refractivity contribution in [2.45, 2.75) is 19.8 Å². The molecule has 0 atom stereocenters. The van der Waals surface area contributed by atoms with E-state index in [4.69, 9.17) is 29.0 Å². The van der Waals surface area contributed by atoms with E-state index in [2.05, 4.69) is 20.7 Å². The Morgan fingerprint density at radius 3 is 2.38 bits per heavy atom. The Bertz CT molecular complexity index is 627. The molecule has 2 rings (SSSR count). The highest BCUT2D eigenvalue weighted by atomic mass is 35.5. The fourth-order valence-corrected chi connectivity index (χ4v) is 2.47. The minimum Gasteiger partial charge on any atom is -0.337 e. The van der Waals surface area contributed by atoms with Gasteiger partial charge in [0.15, 0.2) is 0 Å². The standard InChI is InChI=1S/C13H14Cl2FN5/c1-2-3-8-12(18-6-19-13(8)21-17)20-11-9(14)4-7(16)5-10(11)15/h4-6H,2-3,17H2,1H3,(H2,18,19,20,21). The summed E-state index contributed by atoms with van der Waals surface area (Å²) in [7, 11) is 0. The van der Waals surface area contributed by atoms with Crippen LogP contribution in [0.15, 0.2) is 18.5 Å². The predicted molar refractivity (Wildman–Crippen MR) is 83.5 cm³/mol. The molecule has 0 amide bonds. The van der Waals surface area contributed by atoms with Gasteiger partial charge in [-0.05, 0) is 18.6 Å². The van der Waals surface area contributed by atoms with Crippen molar-refractivity contribution in [2.75, 3.05) is 10.7 Å². The van der Waals surface area contributed by atoms with Crippen LogP contribution in [0.2, 0.25) is 10.0 Å². The number of hydrogen-bond donors (Lipinski definition) is 3. The smallest absolute Gasteiger partial charge is 0.148 e. The van der Waals surface area contributed by atoms with Crippen LogP contribution < -0.4 is 16.6 Å². The Hall–Kier alpha value is -1.63. The topological polar surface area (TPSA) is 75.9 Å². The van der Waals surface area contributed by atoms with Crippen molar-refractivity contribution in [1.82, 2.24) is 9.97 Å². The van der Waals surface area contributed by atoms with Crippen molar-refractivity contribution in [3.05, 3.63) is 39.9 Å². The Morgan fingerprint density at radius 1 is 1.19 bits per heavy atom. The second kappa shape index (κ2) is 6.89. The van der Waals surface area contributed by atoms with Gasteiger partial charge in [-0.2, -0.15) is 0 Å². The number of rotatable bonds is 5. The van der Waals surface area contributed by atoms with Crippen LogP contribution in [0.1, 0.15) is 18.9 Å². The van der Waals surface area contributed by atoms with Crippen LogP contribution in [-0.2, 0) is 6.42 Å². The van der Waals surface area contributed by atoms with E-state index in [0.717, 1.165) is 12.0 Å². The summed E-state index contributed by atoms with van der Waals surface area (Å²) in [5.41, 5.74) is 3.72. The summed E-state index contributed by atoms with van der Waals surface area (Å²) in [6.07, 6.45) is 2.95. The van der Waals surface area contributed by atoms with Crippen LogP contribution >= 0.6 is 23.2 Å². The summed E-state index contributed by atoms with van der Waals surface area (Å²) in [6, 6.07) is 2.36. The van der Waals surface area contributed by atoms with Gasteiger partial charge in [-0.25, -0.2) is 20.2 Å². The summed E-state index contributed by atoms with van der Waals surface area (Å²) < 4.78 is 13.2. The predicted octanol–water partition coefficient (Wildman–Crippen LogP) is 3.90. The molecule has 4 N–H and O–H groups in total. The van der Waals surface area contributed by atoms with Gasteiger partial charge in [0.1, 0.15) is 23.8 Å². The van der Waals surface area contributed by atoms with Crippen molar-refractivity contribution in [1.29, 1.82) is 0 Å². The minimum atomic E-state index is -0.503. The molecule has 0 saturated heterocycles. The Morgan fingerprint density at radius 2 is 1.81 bits per heavy atom. The third-order valence-corrected chi connectivity index (χ3v) is 3.43. The second-order valence-corrected chi connectivity index (χ2v) is 5.13. The number of nitrogens with two attached hydrogens (primary N) is 1. The molecule has 0 aliphatic rings. The van der Waals surface area contributed by atoms with Gasteiger partial charge in [0.25, 0.3) is 0 Å². The van der Waals surface area contributed by atoms with Gasteiger partial charge in [0.05, 0.1) is 15.7 Å². The summed E-state index contributed by atoms with van der Waals surface area (Å²) >= 11 is 12.0. The van der Waals surface area contributed by atoms with Crippen LogP contribution in [0.25, 0.3) is 0 Å². The maximum atomic E-state index is 13.2. The molecule has 1 heterocycles. The third kappa shape index (κ3) is 3.53. The molecule has 0 unspecified atom stereocenters. The first-order valence-corrected chi connectivity index (χ1v) is 7.04. The SMILES string of the molecule is CCCc1c(NN)ncnc1Nc1c(Cl)cc(F)cc1Cl. The van der Waals surface area contributed by atoms with E-state index >= 15 is 0 Å². The number of halogens is 3. The average Bonchev–Trinajstić information content (AvgIpc) is 2.44. The van der Waals surface area contributed by atoms with E-state index in [0.29, 0.717) is 23.7 Å². The van der Waals surface area contributed by atoms with Crippen molar-refractivity contribution < 1.29 is 4.39 Å². The van der Waals surface area contributed by atoms with Crippen molar-refractivity contribution >= 4 is 40.5 Å². The highest BCUT2D eigenvalue weighted by Crippen LogP contribution is 2.35. The number of nitrogen functional groups attached to an aromatic ring is 1. The lowest BCUT2D eigenvalue weighted by Crippen LogP contribution is -2.13. The largest absolute Gasteiger partial charge is 0.337 e. The summed E-state index contributed by atoms with van der Waals surface area (Å²) in [4.78, 5) is 8.24. The van der Waals surface area contributed by atoms with Gasteiger partial charge >= 0.3 is 0 Å². The zero-order valence-corrected chi connectivity index (χ0v) is 12.8. The number of nitrogens with one attached hydrogen (secondary N) is 2. The summed E-state index contributed by atoms with van der Waals surface area (Å²) in [5.74, 6) is 5.99. The molecule has 0 radical (unpaired) electrons. The molecule has 1 aromatic carbocycles. The monoisotopic (exact) mass is 329 g/mol. The maximum absolute atomic E-state index is 13.2. The molecule has 0 fully saturated rings. The molecular weight excluding hydrogens is 316 g/mol. The van der Waals surface area contributed by atoms with Gasteiger partial charge in [0, 0.05) is 5.56 Å². The molecule has 21 heavy (non-hydrogen) atoms. The van der Waals surface area contributed by atoms with E-state index in [-0.39, 0.29) is 10.0 Å². The lowest BCUT2D eigenvalue weighted by atomic mass is 10.1. The van der Waals surface area contributed by atoms with E-state index in [1.165, 1.54) is 18.5 Å². The fourth-order valence-electron chi connectivity index (χ4n) is 1.91. The molecule has 0 saturated carbocycles. The zero-order chi connectivity index (χ0) is 15.4. The summed E-state index contributed by atoms with van der Waals surface area (Å²) in [6.45, 7) is 2.02. The molecule has 5 nitrogen and oxygen atoms in total. The molecule has 0 spiro atoms. The molecule has 112 valence electrons. The first-order valence-electron chi connectivity index (χ1n) is 6.28. The number of hydrogen-bond acceptors (Lipinski definition) is 5. The zero-order valence-electron chi connectivity index (χ0n) is 11.3. The average molecular weight is 330 g/mol. The van der Waals surface area contributed by atoms with Crippen LogP contribution in [0.3, 0.4) is 0 Å². The normalized spacial score (nSPS) is 10.5. The highest BCUT2D eigenvalue weighted by Gasteiger charge is 2.14. The Kier molecular flexibility index (Phi) is 5.17. The van der Waals surface area contributed by atoms with Crippen molar-refractivity contribution in [2.24, 2.45) is 5.84 Å². The first kappa shape index (κ1) is 15.8. The third-order valence-electron chi connectivity index (χ3n) is 2.83. The van der Waals surface area contributed by atoms with E-state index in [9.17, 15) is 4.39 Å². The Labute approximate surface area is 131 Å². The number of aromatic nitrogens is 2. The van der Waals surface area contributed by atoms with Gasteiger partial charge in [-0.3, -0.25) is 0 Å². The fraction of sp³-hybridized carbons (Fsp3) is 0.231. The number of anilines is 3. The first-order chi connectivity index (χ1) is 10.1. The number of nitrogens with zero attached hydrogens (tertiary/aromatic N) is 2. The van der Waals surface area contributed by atoms with Gasteiger partial charge in [-0.15, -0.1) is 0 Å². The highest BCUT2D eigenvalue weighted by molar-refractivity contribution is 6.39. The van der Waals surface area contributed by atoms with Gasteiger partial charge in [-0.1, -0.05) is 36.5 Å². The molecule has 8 heteroatoms. The molecule has 1 aromatic heterocycles. The lowest BCUT2D eigenvalue weighted by Gasteiger charge is -2.15. The second-order valence-electron chi connectivity index (χ2n) is 4.31. The van der Waals surface area contributed by atoms with Gasteiger partial charge < -0.3 is 10.7 Å². The van der Waals surface area contributed by atoms with Crippen molar-refractivity contribution in [3.8, 4) is 0 Å². The number of benzene rings is 1. The molecule has 0 bridgehead atoms. The van der Waals surface area contributed by atoms with Crippen LogP contribution in [0, 0.1) is 5.82 Å². The van der Waals surface area contributed by atoms with Gasteiger partial charge in [0.2, 0.25) is 0 Å². The molecular formula is C13H14Cl2FN5. The lowest BCUT2D eigenvalue weighted by molar-refractivity contribution is 0.628. The van der Waals surface area contributed by atoms with Crippen LogP contribution in [-0.4, -0.2) is 9.97 Å².